The Morgan fingerprint density at radius 1 is 0.577 bits per heavy atom. The average molecular weight is 337 g/mol. The molecule has 0 amide bonds. The molecule has 4 aromatic heterocycles. The zero-order valence-electron chi connectivity index (χ0n) is 13.8. The summed E-state index contributed by atoms with van der Waals surface area (Å²) in [6.45, 7) is 0. The lowest BCUT2D eigenvalue weighted by Gasteiger charge is -1.89. The van der Waals surface area contributed by atoms with Crippen LogP contribution in [0.2, 0.25) is 0 Å². The van der Waals surface area contributed by atoms with E-state index in [1.54, 1.807) is 0 Å². The highest BCUT2D eigenvalue weighted by molar-refractivity contribution is 5.56. The summed E-state index contributed by atoms with van der Waals surface area (Å²) in [5.74, 6) is 0. The number of rotatable bonds is 0. The summed E-state index contributed by atoms with van der Waals surface area (Å²) in [6, 6.07) is 16.3. The monoisotopic (exact) mass is 337 g/mol. The minimum atomic E-state index is 0.618. The first-order chi connectivity index (χ1) is 12.7. The summed E-state index contributed by atoms with van der Waals surface area (Å²) < 4.78 is 0. The lowest BCUT2D eigenvalue weighted by atomic mass is 10.3. The van der Waals surface area contributed by atoms with E-state index in [1.807, 2.05) is 42.5 Å². The van der Waals surface area contributed by atoms with E-state index in [4.69, 9.17) is 0 Å². The molecule has 0 aliphatic carbocycles. The van der Waals surface area contributed by atoms with Crippen LogP contribution < -0.4 is 21.4 Å². The van der Waals surface area contributed by atoms with Gasteiger partial charge in [-0.2, -0.15) is 5.26 Å². The van der Waals surface area contributed by atoms with Crippen molar-refractivity contribution in [3.63, 3.8) is 0 Å². The molecule has 5 heterocycles. The molecule has 8 bridgehead atoms. The Labute approximate surface area is 148 Å². The number of aromatic amines is 4. The molecule has 0 radical (unpaired) electrons. The van der Waals surface area contributed by atoms with Crippen molar-refractivity contribution in [2.24, 2.45) is 0 Å². The van der Waals surface area contributed by atoms with Crippen LogP contribution in [0, 0.1) is 11.3 Å². The molecule has 0 aromatic carbocycles. The number of nitrogens with zero attached hydrogens (tertiary/aromatic N) is 1. The molecular weight excluding hydrogens is 322 g/mol. The largest absolute Gasteiger partial charge is 0.355 e. The Bertz CT molecular complexity index is 1400. The SMILES string of the molecule is N#Cc1cc2[nH]c1=Cc1ccc([nH]1)C=c1ccc([nH]1)=Cc1ccc([nH]1)C=2. The van der Waals surface area contributed by atoms with Gasteiger partial charge in [-0.05, 0) is 66.8 Å². The normalized spacial score (nSPS) is 12.3. The third-order valence-corrected chi connectivity index (χ3v) is 4.42. The van der Waals surface area contributed by atoms with Gasteiger partial charge >= 0.3 is 0 Å². The third kappa shape index (κ3) is 2.60. The topological polar surface area (TPSA) is 86.9 Å². The second-order valence-corrected chi connectivity index (χ2v) is 6.35. The van der Waals surface area contributed by atoms with Crippen molar-refractivity contribution in [2.75, 3.05) is 0 Å². The average Bonchev–Trinajstić information content (AvgIpc) is 3.39. The van der Waals surface area contributed by atoms with Gasteiger partial charge in [0.05, 0.1) is 10.9 Å². The molecule has 4 aromatic rings. The smallest absolute Gasteiger partial charge is 0.101 e. The minimum Gasteiger partial charge on any atom is -0.355 e. The van der Waals surface area contributed by atoms with E-state index >= 15 is 0 Å². The lowest BCUT2D eigenvalue weighted by Crippen LogP contribution is -2.11. The highest BCUT2D eigenvalue weighted by Crippen LogP contribution is 2.05. The maximum Gasteiger partial charge on any atom is 0.101 e. The summed E-state index contributed by atoms with van der Waals surface area (Å²) in [5.41, 5.74) is 4.54. The van der Waals surface area contributed by atoms with Crippen LogP contribution in [-0.4, -0.2) is 19.9 Å². The number of hydrogen-bond acceptors (Lipinski definition) is 1. The van der Waals surface area contributed by atoms with Crippen LogP contribution in [0.1, 0.15) is 28.3 Å². The van der Waals surface area contributed by atoms with Crippen molar-refractivity contribution in [1.29, 1.82) is 5.26 Å². The minimum absolute atomic E-state index is 0.618. The van der Waals surface area contributed by atoms with Crippen LogP contribution in [0.25, 0.3) is 24.3 Å². The van der Waals surface area contributed by atoms with E-state index < -0.39 is 0 Å². The second-order valence-electron chi connectivity index (χ2n) is 6.35. The van der Waals surface area contributed by atoms with Crippen LogP contribution in [0.3, 0.4) is 0 Å². The maximum atomic E-state index is 9.43. The molecule has 0 atom stereocenters. The zero-order chi connectivity index (χ0) is 17.5. The number of H-pyrrole nitrogens is 4. The first-order valence-electron chi connectivity index (χ1n) is 8.34. The summed E-state index contributed by atoms with van der Waals surface area (Å²) in [4.78, 5) is 13.4. The Morgan fingerprint density at radius 2 is 1.12 bits per heavy atom. The van der Waals surface area contributed by atoms with Crippen LogP contribution in [-0.2, 0) is 0 Å². The van der Waals surface area contributed by atoms with Gasteiger partial charge in [0.15, 0.2) is 0 Å². The number of nitriles is 1. The number of fused-ring (bicyclic) bond motifs is 8. The van der Waals surface area contributed by atoms with Gasteiger partial charge in [0.25, 0.3) is 0 Å². The second kappa shape index (κ2) is 5.57. The predicted molar refractivity (Wildman–Crippen MR) is 101 cm³/mol. The van der Waals surface area contributed by atoms with Gasteiger partial charge in [0.2, 0.25) is 0 Å². The summed E-state index contributed by atoms with van der Waals surface area (Å²) >= 11 is 0. The molecule has 1 aliphatic heterocycles. The van der Waals surface area contributed by atoms with E-state index in [1.165, 1.54) is 0 Å². The van der Waals surface area contributed by atoms with Gasteiger partial charge in [-0.1, -0.05) is 0 Å². The van der Waals surface area contributed by atoms with Gasteiger partial charge in [0.1, 0.15) is 6.07 Å². The number of hydrogen-bond donors (Lipinski definition) is 4. The molecule has 1 aliphatic rings. The molecule has 0 unspecified atom stereocenters. The van der Waals surface area contributed by atoms with E-state index in [2.05, 4.69) is 50.3 Å². The van der Waals surface area contributed by atoms with Crippen molar-refractivity contribution < 1.29 is 0 Å². The Balaban J connectivity index is 1.82. The van der Waals surface area contributed by atoms with Gasteiger partial charge in [-0.3, -0.25) is 0 Å². The first-order valence-corrected chi connectivity index (χ1v) is 8.34. The Kier molecular flexibility index (Phi) is 3.09. The molecule has 124 valence electrons. The van der Waals surface area contributed by atoms with E-state index in [0.29, 0.717) is 5.56 Å². The van der Waals surface area contributed by atoms with E-state index in [-0.39, 0.29) is 0 Å². The summed E-state index contributed by atoms with van der Waals surface area (Å²) in [6.07, 6.45) is 8.07. The van der Waals surface area contributed by atoms with Gasteiger partial charge < -0.3 is 19.9 Å². The maximum absolute atomic E-state index is 9.43. The highest BCUT2D eigenvalue weighted by atomic mass is 14.8. The van der Waals surface area contributed by atoms with Crippen LogP contribution in [0.15, 0.2) is 42.5 Å². The molecule has 5 nitrogen and oxygen atoms in total. The van der Waals surface area contributed by atoms with E-state index in [0.717, 1.165) is 44.2 Å². The Hall–Kier alpha value is -3.91. The molecule has 0 saturated heterocycles. The van der Waals surface area contributed by atoms with Crippen molar-refractivity contribution in [2.45, 2.75) is 0 Å². The zero-order valence-corrected chi connectivity index (χ0v) is 13.8. The fourth-order valence-electron chi connectivity index (χ4n) is 3.23. The van der Waals surface area contributed by atoms with Crippen molar-refractivity contribution in [3.8, 4) is 6.07 Å². The molecular formula is C21H15N5. The third-order valence-electron chi connectivity index (χ3n) is 4.42. The molecule has 5 rings (SSSR count). The van der Waals surface area contributed by atoms with E-state index in [9.17, 15) is 5.26 Å². The molecule has 0 saturated carbocycles. The standard InChI is InChI=1S/C21H15N5/c22-12-13-7-20-10-18-4-3-16(24-18)8-14-1-2-15(23-14)9-17-5-6-19(25-17)11-21(13)26-20/h1-11,23-26H. The van der Waals surface area contributed by atoms with Crippen molar-refractivity contribution >= 4 is 24.3 Å². The number of nitrogens with one attached hydrogen (secondary N) is 4. The van der Waals surface area contributed by atoms with Crippen LogP contribution in [0.5, 0.6) is 0 Å². The van der Waals surface area contributed by atoms with Gasteiger partial charge in [0, 0.05) is 38.8 Å². The number of aromatic nitrogens is 4. The molecule has 5 heteroatoms. The van der Waals surface area contributed by atoms with Gasteiger partial charge in [-0.15, -0.1) is 0 Å². The molecule has 0 fully saturated rings. The van der Waals surface area contributed by atoms with Crippen LogP contribution in [0.4, 0.5) is 0 Å². The molecule has 26 heavy (non-hydrogen) atoms. The van der Waals surface area contributed by atoms with Crippen LogP contribution >= 0.6 is 0 Å². The lowest BCUT2D eigenvalue weighted by molar-refractivity contribution is 1.23. The fraction of sp³-hybridized carbons (Fsp3) is 0. The molecule has 4 N–H and O–H groups in total. The van der Waals surface area contributed by atoms with Crippen molar-refractivity contribution in [1.82, 2.24) is 19.9 Å². The first kappa shape index (κ1) is 14.4. The Morgan fingerprint density at radius 3 is 1.69 bits per heavy atom. The summed E-state index contributed by atoms with van der Waals surface area (Å²) in [5, 5.41) is 13.2. The summed E-state index contributed by atoms with van der Waals surface area (Å²) in [7, 11) is 0. The highest BCUT2D eigenvalue weighted by Gasteiger charge is 2.01. The molecule has 0 spiro atoms. The van der Waals surface area contributed by atoms with Gasteiger partial charge in [-0.25, -0.2) is 0 Å². The predicted octanol–water partition coefficient (Wildman–Crippen LogP) is 0.499. The van der Waals surface area contributed by atoms with Crippen molar-refractivity contribution in [3.05, 3.63) is 92.2 Å². The quantitative estimate of drug-likeness (QED) is 0.326. The fourth-order valence-corrected chi connectivity index (χ4v) is 3.23.